The Morgan fingerprint density at radius 1 is 0.677 bits per heavy atom. The maximum atomic E-state index is 7.00. The van der Waals surface area contributed by atoms with Crippen molar-refractivity contribution in [3.8, 4) is 0 Å². The molecule has 0 aromatic rings. The molecule has 31 heavy (non-hydrogen) atoms. The van der Waals surface area contributed by atoms with Crippen molar-refractivity contribution in [2.24, 2.45) is 11.8 Å². The fraction of sp³-hybridized carbons (Fsp3) is 0.739. The van der Waals surface area contributed by atoms with Crippen molar-refractivity contribution in [2.45, 2.75) is 65.2 Å². The second-order valence-electron chi connectivity index (χ2n) is 5.93. The molecule has 0 unspecified atom stereocenters. The molecule has 5 N–H and O–H groups in total. The van der Waals surface area contributed by atoms with Gasteiger partial charge in [0.25, 0.3) is 0 Å². The Balaban J connectivity index is -0.0000000209. The van der Waals surface area contributed by atoms with Gasteiger partial charge in [-0.1, -0.05) is 65.2 Å². The first kappa shape index (κ1) is 63.6. The van der Waals surface area contributed by atoms with Crippen LogP contribution in [0, 0.1) is 55.0 Å². The Morgan fingerprint density at radius 3 is 0.806 bits per heavy atom. The van der Waals surface area contributed by atoms with Crippen molar-refractivity contribution in [3.63, 3.8) is 0 Å². The van der Waals surface area contributed by atoms with E-state index in [1.807, 2.05) is 0 Å². The summed E-state index contributed by atoms with van der Waals surface area (Å²) in [5.41, 5.74) is 0. The molecule has 8 heteroatoms. The number of aliphatic hydroxyl groups excluding tert-OH is 3. The van der Waals surface area contributed by atoms with Crippen molar-refractivity contribution in [3.05, 3.63) is 48.5 Å². The van der Waals surface area contributed by atoms with E-state index in [0.717, 1.165) is 18.9 Å². The molecule has 0 aliphatic heterocycles. The summed E-state index contributed by atoms with van der Waals surface area (Å²) in [5.74, 6) is 2.09. The molecule has 6 nitrogen and oxygen atoms in total. The molecule has 2 saturated carbocycles. The number of nitrogens with one attached hydrogen (secondary N) is 2. The van der Waals surface area contributed by atoms with Crippen LogP contribution in [-0.2, 0) is 43.4 Å². The molecule has 191 valence electrons. The third-order valence-corrected chi connectivity index (χ3v) is 3.29. The molecule has 0 saturated heterocycles. The van der Waals surface area contributed by atoms with Gasteiger partial charge in [0.2, 0.25) is 0 Å². The molecule has 1 radical (unpaired) electrons. The van der Waals surface area contributed by atoms with Crippen LogP contribution < -0.4 is 10.6 Å². The SMILES string of the molecule is CC1CCCC1.CC1CCCC1.CO.C[N-]C.[CH2-]NC.[CH2-]NC.[CH2-]O.[CH2-]O.[CH3-].[CH3-].[Ti+3].[Ti+4]. The molecule has 0 bridgehead atoms. The smallest absolute Gasteiger partial charge is 0.668 e. The summed E-state index contributed by atoms with van der Waals surface area (Å²) >= 11 is 0. The molecule has 2 aliphatic rings. The van der Waals surface area contributed by atoms with E-state index in [-0.39, 0.29) is 58.3 Å². The van der Waals surface area contributed by atoms with E-state index in [1.54, 1.807) is 28.2 Å². The average Bonchev–Trinajstić information content (AvgIpc) is 3.36. The van der Waals surface area contributed by atoms with Crippen molar-refractivity contribution in [2.75, 3.05) is 35.3 Å². The summed E-state index contributed by atoms with van der Waals surface area (Å²) < 4.78 is 0. The second-order valence-corrected chi connectivity index (χ2v) is 5.93. The van der Waals surface area contributed by atoms with E-state index in [4.69, 9.17) is 15.3 Å². The van der Waals surface area contributed by atoms with Gasteiger partial charge in [0.15, 0.2) is 0 Å². The number of rotatable bonds is 0. The predicted molar refractivity (Wildman–Crippen MR) is 135 cm³/mol. The zero-order valence-corrected chi connectivity index (χ0v) is 25.6. The Morgan fingerprint density at radius 2 is 0.774 bits per heavy atom. The van der Waals surface area contributed by atoms with Crippen LogP contribution in [0.25, 0.3) is 5.32 Å². The molecule has 0 spiro atoms. The van der Waals surface area contributed by atoms with Crippen molar-refractivity contribution >= 4 is 0 Å². The summed E-state index contributed by atoms with van der Waals surface area (Å²) in [4.78, 5) is 0. The first-order chi connectivity index (χ1) is 13.0. The summed E-state index contributed by atoms with van der Waals surface area (Å²) in [6, 6.07) is 0. The van der Waals surface area contributed by atoms with Gasteiger partial charge in [-0.05, 0) is 25.9 Å². The largest absolute Gasteiger partial charge is 4.00 e. The minimum Gasteiger partial charge on any atom is -0.668 e. The Bertz CT molecular complexity index is 146. The van der Waals surface area contributed by atoms with Crippen LogP contribution in [0.3, 0.4) is 0 Å². The van der Waals surface area contributed by atoms with Gasteiger partial charge < -0.3 is 46.1 Å². The molecule has 0 atom stereocenters. The maximum absolute atomic E-state index is 7.00. The van der Waals surface area contributed by atoms with Crippen LogP contribution >= 0.6 is 0 Å². The minimum absolute atomic E-state index is 0. The fourth-order valence-electron chi connectivity index (χ4n) is 2.26. The number of hydrogen-bond donors (Lipinski definition) is 5. The van der Waals surface area contributed by atoms with E-state index >= 15 is 0 Å². The first-order valence-electron chi connectivity index (χ1n) is 9.47. The molecule has 2 aliphatic carbocycles. The van der Waals surface area contributed by atoms with Gasteiger partial charge in [-0.15, -0.1) is 0 Å². The summed E-state index contributed by atoms with van der Waals surface area (Å²) in [7, 11) is 19.0. The monoisotopic (exact) mass is 520 g/mol. The fourth-order valence-corrected chi connectivity index (χ4v) is 2.26. The maximum Gasteiger partial charge on any atom is 4.00 e. The molecule has 0 heterocycles. The molecular weight excluding hydrogens is 462 g/mol. The van der Waals surface area contributed by atoms with Crippen LogP contribution in [0.1, 0.15) is 65.2 Å². The van der Waals surface area contributed by atoms with E-state index in [1.165, 1.54) is 51.4 Å². The summed E-state index contributed by atoms with van der Waals surface area (Å²) in [5, 5.41) is 29.0. The van der Waals surface area contributed by atoms with Crippen LogP contribution in [0.5, 0.6) is 0 Å². The predicted octanol–water partition coefficient (Wildman–Crippen LogP) is 5.81. The van der Waals surface area contributed by atoms with Crippen LogP contribution in [0.15, 0.2) is 0 Å². The van der Waals surface area contributed by atoms with Crippen molar-refractivity contribution in [1.82, 2.24) is 10.6 Å². The second kappa shape index (κ2) is 85.9. The van der Waals surface area contributed by atoms with Gasteiger partial charge in [0.05, 0.1) is 0 Å². The van der Waals surface area contributed by atoms with Gasteiger partial charge >= 0.3 is 43.4 Å². The van der Waals surface area contributed by atoms with Gasteiger partial charge in [-0.3, -0.25) is 14.1 Å². The van der Waals surface area contributed by atoms with Crippen LogP contribution in [0.4, 0.5) is 0 Å². The molecule has 2 rings (SSSR count). The molecular formula is C23H58N3O3Ti2. The third-order valence-electron chi connectivity index (χ3n) is 3.29. The molecule has 0 amide bonds. The molecule has 2 fully saturated rings. The average molecular weight is 520 g/mol. The first-order valence-corrected chi connectivity index (χ1v) is 9.47. The third kappa shape index (κ3) is 115. The van der Waals surface area contributed by atoms with Crippen molar-refractivity contribution in [1.29, 1.82) is 0 Å². The number of nitrogens with zero attached hydrogens (tertiary/aromatic N) is 1. The van der Waals surface area contributed by atoms with Crippen molar-refractivity contribution < 1.29 is 58.8 Å². The molecule has 0 aromatic carbocycles. The summed E-state index contributed by atoms with van der Waals surface area (Å²) in [6.07, 6.45) is 11.9. The van der Waals surface area contributed by atoms with E-state index in [0.29, 0.717) is 0 Å². The standard InChI is InChI=1S/2C6H12.3C2H6N.CH4O.2CH3O.2CH3.2Ti/c2*1-6-4-2-3-5-6;3*1-3-2;3*1-2;;;;/h2*6H,2-5H2,1H3;1-2H3;2*3H,1H2,2H3;2H,1H3;2*2H,1H2;2*1H3;;/q;;3*-1;;4*-1;+3;+4. The van der Waals surface area contributed by atoms with Gasteiger partial charge in [-0.25, -0.2) is 14.2 Å². The zero-order valence-electron chi connectivity index (χ0n) is 22.4. The zero-order chi connectivity index (χ0) is 22.9. The van der Waals surface area contributed by atoms with Crippen LogP contribution in [0.2, 0.25) is 0 Å². The normalized spacial score (nSPS) is 12.2. The Hall–Kier alpha value is 1.19. The number of hydrogen-bond acceptors (Lipinski definition) is 5. The topological polar surface area (TPSA) is 98.9 Å². The Kier molecular flexibility index (Phi) is 176. The van der Waals surface area contributed by atoms with E-state index in [9.17, 15) is 0 Å². The summed E-state index contributed by atoms with van der Waals surface area (Å²) in [6.45, 7) is 4.68. The Labute approximate surface area is 229 Å². The molecule has 0 aromatic heterocycles. The van der Waals surface area contributed by atoms with Crippen LogP contribution in [-0.4, -0.2) is 50.6 Å². The van der Waals surface area contributed by atoms with E-state index < -0.39 is 0 Å². The van der Waals surface area contributed by atoms with Gasteiger partial charge in [-0.2, -0.15) is 14.1 Å². The number of aliphatic hydroxyl groups is 3. The van der Waals surface area contributed by atoms with Gasteiger partial charge in [0.1, 0.15) is 0 Å². The minimum atomic E-state index is 0. The van der Waals surface area contributed by atoms with Gasteiger partial charge in [0, 0.05) is 7.11 Å². The van der Waals surface area contributed by atoms with E-state index in [2.05, 4.69) is 58.1 Å². The quantitative estimate of drug-likeness (QED) is 0.205.